The predicted octanol–water partition coefficient (Wildman–Crippen LogP) is 5.31. The van der Waals surface area contributed by atoms with E-state index in [1.54, 1.807) is 0 Å². The number of fused-ring (bicyclic) bond motifs is 1. The number of carbonyl (C=O) groups is 1. The number of rotatable bonds is 5. The molecule has 0 bridgehead atoms. The quantitative estimate of drug-likeness (QED) is 0.724. The zero-order valence-corrected chi connectivity index (χ0v) is 18.0. The van der Waals surface area contributed by atoms with Crippen molar-refractivity contribution in [1.29, 1.82) is 0 Å². The minimum absolute atomic E-state index is 0.0687. The highest BCUT2D eigenvalue weighted by atomic mass is 35.5. The summed E-state index contributed by atoms with van der Waals surface area (Å²) in [5.41, 5.74) is 5.44. The molecule has 154 valence electrons. The molecule has 2 aliphatic rings. The molecule has 0 saturated carbocycles. The standard InChI is InChI=1S/C25H31ClN2O/c1-18(22-10-9-20-6-2-3-7-23(20)16-22)27-25(29)21-11-13-28(14-12-21)17-19-5-4-8-24(26)15-19/h4-5,8-10,15-16,18,21H,2-3,6-7,11-14,17H2,1H3,(H,27,29)/t18-/m0/s1. The molecular formula is C25H31ClN2O. The molecule has 1 amide bonds. The summed E-state index contributed by atoms with van der Waals surface area (Å²) in [6.07, 6.45) is 6.80. The lowest BCUT2D eigenvalue weighted by molar-refractivity contribution is -0.127. The van der Waals surface area contributed by atoms with Crippen molar-refractivity contribution in [2.24, 2.45) is 5.92 Å². The highest BCUT2D eigenvalue weighted by molar-refractivity contribution is 6.30. The average Bonchev–Trinajstić information content (AvgIpc) is 2.74. The largest absolute Gasteiger partial charge is 0.349 e. The van der Waals surface area contributed by atoms with E-state index in [0.29, 0.717) is 0 Å². The highest BCUT2D eigenvalue weighted by Gasteiger charge is 2.26. The van der Waals surface area contributed by atoms with Crippen LogP contribution in [0.4, 0.5) is 0 Å². The molecule has 1 aliphatic heterocycles. The lowest BCUT2D eigenvalue weighted by Gasteiger charge is -2.32. The lowest BCUT2D eigenvalue weighted by atomic mass is 9.89. The number of aryl methyl sites for hydroxylation is 2. The highest BCUT2D eigenvalue weighted by Crippen LogP contribution is 2.26. The Morgan fingerprint density at radius 1 is 1.10 bits per heavy atom. The van der Waals surface area contributed by atoms with E-state index in [1.165, 1.54) is 47.9 Å². The van der Waals surface area contributed by atoms with Crippen molar-refractivity contribution in [2.45, 2.75) is 58.0 Å². The van der Waals surface area contributed by atoms with Gasteiger partial charge in [0.15, 0.2) is 0 Å². The molecule has 1 fully saturated rings. The Morgan fingerprint density at radius 2 is 1.86 bits per heavy atom. The van der Waals surface area contributed by atoms with E-state index >= 15 is 0 Å². The molecule has 1 aliphatic carbocycles. The van der Waals surface area contributed by atoms with Crippen molar-refractivity contribution in [3.63, 3.8) is 0 Å². The van der Waals surface area contributed by atoms with Crippen LogP contribution in [0.1, 0.15) is 60.9 Å². The Hall–Kier alpha value is -1.84. The number of likely N-dealkylation sites (tertiary alicyclic amines) is 1. The number of halogens is 1. The molecule has 2 aromatic carbocycles. The van der Waals surface area contributed by atoms with Crippen LogP contribution >= 0.6 is 11.6 Å². The zero-order chi connectivity index (χ0) is 20.2. The van der Waals surface area contributed by atoms with Crippen molar-refractivity contribution in [1.82, 2.24) is 10.2 Å². The Labute approximate surface area is 179 Å². The van der Waals surface area contributed by atoms with Crippen LogP contribution < -0.4 is 5.32 Å². The van der Waals surface area contributed by atoms with Gasteiger partial charge in [-0.15, -0.1) is 0 Å². The number of amides is 1. The van der Waals surface area contributed by atoms with Gasteiger partial charge in [0, 0.05) is 17.5 Å². The minimum atomic E-state index is 0.0687. The van der Waals surface area contributed by atoms with E-state index < -0.39 is 0 Å². The van der Waals surface area contributed by atoms with E-state index in [9.17, 15) is 4.79 Å². The number of benzene rings is 2. The fourth-order valence-electron chi connectivity index (χ4n) is 4.68. The molecule has 0 spiro atoms. The SMILES string of the molecule is C[C@H](NC(=O)C1CCN(Cc2cccc(Cl)c2)CC1)c1ccc2c(c1)CCCC2. The van der Waals surface area contributed by atoms with Gasteiger partial charge in [-0.25, -0.2) is 0 Å². The number of hydrogen-bond donors (Lipinski definition) is 1. The maximum absolute atomic E-state index is 12.8. The molecule has 1 heterocycles. The summed E-state index contributed by atoms with van der Waals surface area (Å²) in [6.45, 7) is 4.92. The molecule has 0 unspecified atom stereocenters. The molecule has 0 radical (unpaired) electrons. The predicted molar refractivity (Wildman–Crippen MR) is 119 cm³/mol. The van der Waals surface area contributed by atoms with Gasteiger partial charge in [0.05, 0.1) is 6.04 Å². The van der Waals surface area contributed by atoms with Crippen LogP contribution in [0.5, 0.6) is 0 Å². The molecular weight excluding hydrogens is 380 g/mol. The van der Waals surface area contributed by atoms with Crippen molar-refractivity contribution < 1.29 is 4.79 Å². The molecule has 4 rings (SSSR count). The first-order valence-corrected chi connectivity index (χ1v) is 11.3. The number of nitrogens with one attached hydrogen (secondary N) is 1. The van der Waals surface area contributed by atoms with Crippen molar-refractivity contribution in [3.8, 4) is 0 Å². The number of nitrogens with zero attached hydrogens (tertiary/aromatic N) is 1. The molecule has 0 aromatic heterocycles. The summed E-state index contributed by atoms with van der Waals surface area (Å²) in [6, 6.07) is 14.9. The Morgan fingerprint density at radius 3 is 2.62 bits per heavy atom. The molecule has 1 atom stereocenters. The zero-order valence-electron chi connectivity index (χ0n) is 17.3. The van der Waals surface area contributed by atoms with Crippen LogP contribution in [0.3, 0.4) is 0 Å². The van der Waals surface area contributed by atoms with Gasteiger partial charge in [0.2, 0.25) is 5.91 Å². The van der Waals surface area contributed by atoms with E-state index in [0.717, 1.165) is 37.5 Å². The molecule has 1 N–H and O–H groups in total. The summed E-state index contributed by atoms with van der Waals surface area (Å²) in [5.74, 6) is 0.323. The number of piperidine rings is 1. The second-order valence-electron chi connectivity index (χ2n) is 8.65. The Bertz CT molecular complexity index is 858. The van der Waals surface area contributed by atoms with Gasteiger partial charge in [0.25, 0.3) is 0 Å². The van der Waals surface area contributed by atoms with Crippen LogP contribution in [0.15, 0.2) is 42.5 Å². The first-order chi connectivity index (χ1) is 14.1. The molecule has 4 heteroatoms. The average molecular weight is 411 g/mol. The fourth-order valence-corrected chi connectivity index (χ4v) is 4.90. The maximum atomic E-state index is 12.8. The third-order valence-corrected chi connectivity index (χ3v) is 6.72. The van der Waals surface area contributed by atoms with Gasteiger partial charge < -0.3 is 5.32 Å². The van der Waals surface area contributed by atoms with E-state index in [1.807, 2.05) is 18.2 Å². The normalized spacial score (nSPS) is 18.8. The second-order valence-corrected chi connectivity index (χ2v) is 9.08. The van der Waals surface area contributed by atoms with Crippen LogP contribution in [-0.4, -0.2) is 23.9 Å². The summed E-state index contributed by atoms with van der Waals surface area (Å²) in [7, 11) is 0. The smallest absolute Gasteiger partial charge is 0.223 e. The maximum Gasteiger partial charge on any atom is 0.223 e. The first-order valence-electron chi connectivity index (χ1n) is 11.0. The monoisotopic (exact) mass is 410 g/mol. The van der Waals surface area contributed by atoms with Crippen molar-refractivity contribution in [3.05, 3.63) is 69.7 Å². The van der Waals surface area contributed by atoms with Crippen LogP contribution in [-0.2, 0) is 24.2 Å². The van der Waals surface area contributed by atoms with Crippen LogP contribution in [0.25, 0.3) is 0 Å². The summed E-state index contributed by atoms with van der Waals surface area (Å²) < 4.78 is 0. The van der Waals surface area contributed by atoms with Crippen molar-refractivity contribution >= 4 is 17.5 Å². The number of hydrogen-bond acceptors (Lipinski definition) is 2. The van der Waals surface area contributed by atoms with E-state index in [4.69, 9.17) is 11.6 Å². The van der Waals surface area contributed by atoms with Gasteiger partial charge in [-0.1, -0.05) is 41.9 Å². The summed E-state index contributed by atoms with van der Waals surface area (Å²) in [4.78, 5) is 15.3. The summed E-state index contributed by atoms with van der Waals surface area (Å²) >= 11 is 6.09. The fraction of sp³-hybridized carbons (Fsp3) is 0.480. The molecule has 3 nitrogen and oxygen atoms in total. The van der Waals surface area contributed by atoms with Gasteiger partial charge in [-0.3, -0.25) is 9.69 Å². The van der Waals surface area contributed by atoms with Crippen molar-refractivity contribution in [2.75, 3.05) is 13.1 Å². The third kappa shape index (κ3) is 5.21. The summed E-state index contributed by atoms with van der Waals surface area (Å²) in [5, 5.41) is 4.05. The Kier molecular flexibility index (Phi) is 6.56. The van der Waals surface area contributed by atoms with E-state index in [2.05, 4.69) is 41.4 Å². The molecule has 2 aromatic rings. The van der Waals surface area contributed by atoms with Gasteiger partial charge in [0.1, 0.15) is 0 Å². The number of carbonyl (C=O) groups excluding carboxylic acids is 1. The molecule has 29 heavy (non-hydrogen) atoms. The second kappa shape index (κ2) is 9.32. The van der Waals surface area contributed by atoms with Gasteiger partial charge in [-0.2, -0.15) is 0 Å². The topological polar surface area (TPSA) is 32.3 Å². The van der Waals surface area contributed by atoms with E-state index in [-0.39, 0.29) is 17.9 Å². The third-order valence-electron chi connectivity index (χ3n) is 6.48. The van der Waals surface area contributed by atoms with Gasteiger partial charge in [-0.05, 0) is 92.9 Å². The first kappa shape index (κ1) is 20.4. The van der Waals surface area contributed by atoms with Crippen LogP contribution in [0.2, 0.25) is 5.02 Å². The van der Waals surface area contributed by atoms with Crippen LogP contribution in [0, 0.1) is 5.92 Å². The Balaban J connectivity index is 1.28. The molecule has 1 saturated heterocycles. The minimum Gasteiger partial charge on any atom is -0.349 e. The van der Waals surface area contributed by atoms with Gasteiger partial charge >= 0.3 is 0 Å². The lowest BCUT2D eigenvalue weighted by Crippen LogP contribution is -2.40.